The number of amides is 2. The van der Waals surface area contributed by atoms with Crippen LogP contribution in [0.4, 0.5) is 0 Å². The van der Waals surface area contributed by atoms with Crippen molar-refractivity contribution in [2.75, 3.05) is 18.8 Å². The van der Waals surface area contributed by atoms with Crippen LogP contribution >= 0.6 is 0 Å². The minimum absolute atomic E-state index is 0.000760. The third kappa shape index (κ3) is 6.69. The maximum absolute atomic E-state index is 13.1. The van der Waals surface area contributed by atoms with Gasteiger partial charge in [-0.05, 0) is 64.2 Å². The second-order valence-electron chi connectivity index (χ2n) is 10.0. The Morgan fingerprint density at radius 2 is 1.62 bits per heavy atom. The number of rotatable bonds is 8. The summed E-state index contributed by atoms with van der Waals surface area (Å²) in [6, 6.07) is 0.404. The Morgan fingerprint density at radius 3 is 2.19 bits per heavy atom. The van der Waals surface area contributed by atoms with Crippen molar-refractivity contribution >= 4 is 21.7 Å². The first kappa shape index (κ1) is 25.5. The van der Waals surface area contributed by atoms with Crippen molar-refractivity contribution < 1.29 is 18.0 Å². The standard InChI is InChI=1S/C24H43N3O4S/c1-3-27(20-8-6-5-7-9-20)24(29)19-12-15-22(25-17-19)26-23(28)16-18-10-13-21(14-11-18)32(30,31)4-2/h18-22,25H,3-17H2,1-2H3,(H,26,28). The smallest absolute Gasteiger partial charge is 0.227 e. The highest BCUT2D eigenvalue weighted by molar-refractivity contribution is 7.92. The zero-order valence-electron chi connectivity index (χ0n) is 20.0. The Balaban J connectivity index is 1.38. The molecule has 2 unspecified atom stereocenters. The van der Waals surface area contributed by atoms with Gasteiger partial charge in [-0.2, -0.15) is 0 Å². The van der Waals surface area contributed by atoms with Crippen molar-refractivity contribution in [1.29, 1.82) is 0 Å². The summed E-state index contributed by atoms with van der Waals surface area (Å²) in [5.74, 6) is 0.781. The largest absolute Gasteiger partial charge is 0.341 e. The average Bonchev–Trinajstić information content (AvgIpc) is 2.81. The third-order valence-corrected chi connectivity index (χ3v) is 10.2. The monoisotopic (exact) mass is 469 g/mol. The lowest BCUT2D eigenvalue weighted by atomic mass is 9.86. The number of carbonyl (C=O) groups excluding carboxylic acids is 2. The highest BCUT2D eigenvalue weighted by Gasteiger charge is 2.34. The van der Waals surface area contributed by atoms with E-state index in [9.17, 15) is 18.0 Å². The van der Waals surface area contributed by atoms with E-state index < -0.39 is 9.84 Å². The Labute approximate surface area is 194 Å². The fraction of sp³-hybridized carbons (Fsp3) is 0.917. The molecule has 0 spiro atoms. The number of hydrogen-bond acceptors (Lipinski definition) is 5. The summed E-state index contributed by atoms with van der Waals surface area (Å²) in [5.41, 5.74) is 0. The molecule has 0 bridgehead atoms. The summed E-state index contributed by atoms with van der Waals surface area (Å²) in [4.78, 5) is 27.7. The number of carbonyl (C=O) groups is 2. The van der Waals surface area contributed by atoms with Crippen LogP contribution in [0.3, 0.4) is 0 Å². The molecule has 2 atom stereocenters. The Kier molecular flexibility index (Phi) is 9.41. The van der Waals surface area contributed by atoms with Gasteiger partial charge < -0.3 is 10.2 Å². The molecule has 184 valence electrons. The van der Waals surface area contributed by atoms with Crippen molar-refractivity contribution in [3.05, 3.63) is 0 Å². The molecule has 3 rings (SSSR count). The maximum Gasteiger partial charge on any atom is 0.227 e. The van der Waals surface area contributed by atoms with E-state index in [1.807, 2.05) is 0 Å². The van der Waals surface area contributed by atoms with Gasteiger partial charge in [0.15, 0.2) is 9.84 Å². The van der Waals surface area contributed by atoms with Gasteiger partial charge in [-0.15, -0.1) is 0 Å². The molecule has 1 saturated heterocycles. The van der Waals surface area contributed by atoms with Gasteiger partial charge in [-0.25, -0.2) is 8.42 Å². The lowest BCUT2D eigenvalue weighted by molar-refractivity contribution is -0.139. The number of nitrogens with zero attached hydrogens (tertiary/aromatic N) is 1. The highest BCUT2D eigenvalue weighted by Crippen LogP contribution is 2.31. The maximum atomic E-state index is 13.1. The zero-order valence-corrected chi connectivity index (χ0v) is 20.8. The summed E-state index contributed by atoms with van der Waals surface area (Å²) in [7, 11) is -2.97. The summed E-state index contributed by atoms with van der Waals surface area (Å²) < 4.78 is 24.1. The molecule has 0 aromatic heterocycles. The predicted octanol–water partition coefficient (Wildman–Crippen LogP) is 2.99. The van der Waals surface area contributed by atoms with Crippen LogP contribution in [0.2, 0.25) is 0 Å². The number of piperidine rings is 1. The van der Waals surface area contributed by atoms with Gasteiger partial charge >= 0.3 is 0 Å². The molecule has 1 heterocycles. The molecule has 2 N–H and O–H groups in total. The molecule has 8 heteroatoms. The average molecular weight is 470 g/mol. The molecule has 2 saturated carbocycles. The molecule has 32 heavy (non-hydrogen) atoms. The van der Waals surface area contributed by atoms with Gasteiger partial charge in [0.2, 0.25) is 11.8 Å². The van der Waals surface area contributed by atoms with E-state index in [-0.39, 0.29) is 40.8 Å². The van der Waals surface area contributed by atoms with Gasteiger partial charge in [0, 0.05) is 31.3 Å². The highest BCUT2D eigenvalue weighted by atomic mass is 32.2. The van der Waals surface area contributed by atoms with Crippen molar-refractivity contribution in [2.45, 2.75) is 108 Å². The summed E-state index contributed by atoms with van der Waals surface area (Å²) in [5, 5.41) is 6.24. The molecule has 3 aliphatic rings. The second-order valence-corrected chi connectivity index (χ2v) is 12.6. The van der Waals surface area contributed by atoms with Gasteiger partial charge in [-0.1, -0.05) is 26.2 Å². The fourth-order valence-corrected chi connectivity index (χ4v) is 7.32. The van der Waals surface area contributed by atoms with Crippen LogP contribution < -0.4 is 10.6 Å². The molecular weight excluding hydrogens is 426 g/mol. The van der Waals surface area contributed by atoms with Crippen LogP contribution in [0.1, 0.15) is 90.9 Å². The first-order valence-corrected chi connectivity index (χ1v) is 14.6. The summed E-state index contributed by atoms with van der Waals surface area (Å²) in [6.45, 7) is 5.19. The molecule has 3 fully saturated rings. The Hall–Kier alpha value is -1.15. The van der Waals surface area contributed by atoms with Gasteiger partial charge in [0.25, 0.3) is 0 Å². The molecule has 2 amide bonds. The first-order valence-electron chi connectivity index (χ1n) is 12.9. The van der Waals surface area contributed by atoms with Crippen LogP contribution in [-0.4, -0.2) is 61.4 Å². The molecule has 7 nitrogen and oxygen atoms in total. The van der Waals surface area contributed by atoms with Crippen LogP contribution in [0.15, 0.2) is 0 Å². The van der Waals surface area contributed by atoms with E-state index in [2.05, 4.69) is 22.5 Å². The van der Waals surface area contributed by atoms with Crippen LogP contribution in [0.25, 0.3) is 0 Å². The van der Waals surface area contributed by atoms with Crippen molar-refractivity contribution in [3.63, 3.8) is 0 Å². The molecule has 0 aromatic carbocycles. The topological polar surface area (TPSA) is 95.6 Å². The third-order valence-electron chi connectivity index (χ3n) is 7.92. The van der Waals surface area contributed by atoms with E-state index in [0.717, 1.165) is 45.1 Å². The minimum Gasteiger partial charge on any atom is -0.341 e. The van der Waals surface area contributed by atoms with E-state index in [1.165, 1.54) is 19.3 Å². The van der Waals surface area contributed by atoms with Crippen LogP contribution in [-0.2, 0) is 19.4 Å². The number of sulfone groups is 1. The van der Waals surface area contributed by atoms with Crippen molar-refractivity contribution in [2.24, 2.45) is 11.8 Å². The van der Waals surface area contributed by atoms with E-state index in [4.69, 9.17) is 0 Å². The van der Waals surface area contributed by atoms with E-state index in [0.29, 0.717) is 31.8 Å². The minimum atomic E-state index is -2.97. The lowest BCUT2D eigenvalue weighted by Gasteiger charge is -2.38. The zero-order chi connectivity index (χ0) is 23.1. The van der Waals surface area contributed by atoms with Crippen molar-refractivity contribution in [1.82, 2.24) is 15.5 Å². The van der Waals surface area contributed by atoms with E-state index in [1.54, 1.807) is 6.92 Å². The summed E-state index contributed by atoms with van der Waals surface area (Å²) in [6.07, 6.45) is 10.9. The fourth-order valence-electron chi connectivity index (χ4n) is 5.86. The molecule has 1 aliphatic heterocycles. The SMILES string of the molecule is CCN(C(=O)C1CCC(NC(=O)CC2CCC(S(=O)(=O)CC)CC2)NC1)C1CCCCC1. The van der Waals surface area contributed by atoms with Crippen molar-refractivity contribution in [3.8, 4) is 0 Å². The van der Waals surface area contributed by atoms with Gasteiger partial charge in [-0.3, -0.25) is 14.9 Å². The normalized spacial score (nSPS) is 29.9. The molecule has 2 aliphatic carbocycles. The second kappa shape index (κ2) is 11.8. The van der Waals surface area contributed by atoms with Gasteiger partial charge in [0.05, 0.1) is 17.3 Å². The van der Waals surface area contributed by atoms with Crippen LogP contribution in [0, 0.1) is 11.8 Å². The number of nitrogens with one attached hydrogen (secondary N) is 2. The lowest BCUT2D eigenvalue weighted by Crippen LogP contribution is -2.54. The van der Waals surface area contributed by atoms with E-state index >= 15 is 0 Å². The van der Waals surface area contributed by atoms with Gasteiger partial charge in [0.1, 0.15) is 0 Å². The number of hydrogen-bond donors (Lipinski definition) is 2. The first-order chi connectivity index (χ1) is 15.3. The Bertz CT molecular complexity index is 720. The summed E-state index contributed by atoms with van der Waals surface area (Å²) >= 11 is 0. The molecule has 0 aromatic rings. The molecule has 0 radical (unpaired) electrons. The molecular formula is C24H43N3O4S. The Morgan fingerprint density at radius 1 is 0.938 bits per heavy atom. The van der Waals surface area contributed by atoms with Crippen LogP contribution in [0.5, 0.6) is 0 Å². The quantitative estimate of drug-likeness (QED) is 0.570. The predicted molar refractivity (Wildman–Crippen MR) is 127 cm³/mol.